The van der Waals surface area contributed by atoms with E-state index < -0.39 is 0 Å². The Morgan fingerprint density at radius 3 is 3.06 bits per heavy atom. The van der Waals surface area contributed by atoms with E-state index in [0.717, 1.165) is 26.1 Å². The van der Waals surface area contributed by atoms with Crippen molar-refractivity contribution in [3.63, 3.8) is 0 Å². The van der Waals surface area contributed by atoms with Crippen molar-refractivity contribution < 1.29 is 9.53 Å². The Balaban J connectivity index is 1.75. The third-order valence-electron chi connectivity index (χ3n) is 3.68. The van der Waals surface area contributed by atoms with Gasteiger partial charge in [-0.05, 0) is 25.8 Å². The van der Waals surface area contributed by atoms with Crippen molar-refractivity contribution in [2.24, 2.45) is 0 Å². The first-order chi connectivity index (χ1) is 7.81. The summed E-state index contributed by atoms with van der Waals surface area (Å²) in [6, 6.07) is 0.639. The maximum Gasteiger partial charge on any atom is 0.222 e. The van der Waals surface area contributed by atoms with Crippen molar-refractivity contribution in [2.45, 2.75) is 31.7 Å². The molecule has 2 saturated heterocycles. The molecular weight excluding hydrogens is 204 g/mol. The molecule has 2 aliphatic heterocycles. The molecule has 4 nitrogen and oxygen atoms in total. The number of fused-ring (bicyclic) bond motifs is 1. The largest absolute Gasteiger partial charge is 0.385 e. The van der Waals surface area contributed by atoms with Gasteiger partial charge in [0.2, 0.25) is 5.91 Å². The van der Waals surface area contributed by atoms with Crippen LogP contribution in [-0.2, 0) is 9.53 Å². The molecule has 0 spiro atoms. The zero-order valence-electron chi connectivity index (χ0n) is 10.2. The molecule has 0 saturated carbocycles. The molecule has 0 aromatic carbocycles. The minimum atomic E-state index is 0.309. The fourth-order valence-electron chi connectivity index (χ4n) is 2.74. The summed E-state index contributed by atoms with van der Waals surface area (Å²) in [5.74, 6) is 0.309. The van der Waals surface area contributed by atoms with Gasteiger partial charge in [0.05, 0.1) is 0 Å². The van der Waals surface area contributed by atoms with Gasteiger partial charge in [0, 0.05) is 45.8 Å². The van der Waals surface area contributed by atoms with Gasteiger partial charge in [-0.25, -0.2) is 0 Å². The molecule has 0 aliphatic carbocycles. The molecular formula is C12H22N2O2. The maximum atomic E-state index is 11.9. The van der Waals surface area contributed by atoms with E-state index in [-0.39, 0.29) is 0 Å². The molecule has 0 bridgehead atoms. The topological polar surface area (TPSA) is 32.8 Å². The van der Waals surface area contributed by atoms with E-state index in [2.05, 4.69) is 4.90 Å². The lowest BCUT2D eigenvalue weighted by Crippen LogP contribution is -2.52. The van der Waals surface area contributed by atoms with E-state index in [4.69, 9.17) is 4.74 Å². The third-order valence-corrected chi connectivity index (χ3v) is 3.68. The molecule has 2 heterocycles. The molecule has 4 heteroatoms. The molecule has 1 amide bonds. The van der Waals surface area contributed by atoms with Crippen molar-refractivity contribution in [3.8, 4) is 0 Å². The van der Waals surface area contributed by atoms with Gasteiger partial charge in [0.15, 0.2) is 0 Å². The van der Waals surface area contributed by atoms with Crippen LogP contribution in [0.3, 0.4) is 0 Å². The van der Waals surface area contributed by atoms with Gasteiger partial charge >= 0.3 is 0 Å². The molecule has 2 aliphatic rings. The lowest BCUT2D eigenvalue weighted by atomic mass is 10.1. The van der Waals surface area contributed by atoms with Crippen LogP contribution in [0.2, 0.25) is 0 Å². The number of piperazine rings is 1. The third kappa shape index (κ3) is 2.74. The van der Waals surface area contributed by atoms with E-state index in [1.165, 1.54) is 19.4 Å². The van der Waals surface area contributed by atoms with E-state index in [1.807, 2.05) is 4.90 Å². The van der Waals surface area contributed by atoms with E-state index in [0.29, 0.717) is 25.0 Å². The predicted molar refractivity (Wildman–Crippen MR) is 62.3 cm³/mol. The standard InChI is InChI=1S/C12H22N2O2/c1-16-9-3-5-12(15)14-8-7-13-6-2-4-11(13)10-14/h11H,2-10H2,1H3. The Kier molecular flexibility index (Phi) is 4.18. The predicted octanol–water partition coefficient (Wildman–Crippen LogP) is 0.720. The Bertz CT molecular complexity index is 245. The summed E-state index contributed by atoms with van der Waals surface area (Å²) >= 11 is 0. The van der Waals surface area contributed by atoms with Crippen LogP contribution in [-0.4, -0.2) is 61.6 Å². The number of hydrogen-bond donors (Lipinski definition) is 0. The molecule has 16 heavy (non-hydrogen) atoms. The lowest BCUT2D eigenvalue weighted by Gasteiger charge is -2.37. The molecule has 1 unspecified atom stereocenters. The number of hydrogen-bond acceptors (Lipinski definition) is 3. The summed E-state index contributed by atoms with van der Waals surface area (Å²) in [5.41, 5.74) is 0. The van der Waals surface area contributed by atoms with Gasteiger partial charge in [-0.1, -0.05) is 0 Å². The van der Waals surface area contributed by atoms with E-state index in [1.54, 1.807) is 7.11 Å². The van der Waals surface area contributed by atoms with Crippen LogP contribution in [0, 0.1) is 0 Å². The summed E-state index contributed by atoms with van der Waals surface area (Å²) in [4.78, 5) is 16.5. The number of rotatable bonds is 4. The number of nitrogens with zero attached hydrogens (tertiary/aromatic N) is 2. The van der Waals surface area contributed by atoms with Gasteiger partial charge in [0.25, 0.3) is 0 Å². The van der Waals surface area contributed by atoms with Crippen molar-refractivity contribution in [1.82, 2.24) is 9.80 Å². The van der Waals surface area contributed by atoms with Gasteiger partial charge in [-0.3, -0.25) is 9.69 Å². The highest BCUT2D eigenvalue weighted by molar-refractivity contribution is 5.76. The molecule has 92 valence electrons. The van der Waals surface area contributed by atoms with Crippen molar-refractivity contribution in [2.75, 3.05) is 39.9 Å². The average molecular weight is 226 g/mol. The Hall–Kier alpha value is -0.610. The highest BCUT2D eigenvalue weighted by Gasteiger charge is 2.31. The van der Waals surface area contributed by atoms with E-state index in [9.17, 15) is 4.79 Å². The second-order valence-electron chi connectivity index (χ2n) is 4.77. The molecule has 0 radical (unpaired) electrons. The van der Waals surface area contributed by atoms with Gasteiger partial charge in [0.1, 0.15) is 0 Å². The number of ether oxygens (including phenoxy) is 1. The highest BCUT2D eigenvalue weighted by Crippen LogP contribution is 2.21. The van der Waals surface area contributed by atoms with Crippen molar-refractivity contribution in [1.29, 1.82) is 0 Å². The van der Waals surface area contributed by atoms with Crippen LogP contribution in [0.5, 0.6) is 0 Å². The summed E-state index contributed by atoms with van der Waals surface area (Å²) in [6.07, 6.45) is 4.05. The summed E-state index contributed by atoms with van der Waals surface area (Å²) in [5, 5.41) is 0. The summed E-state index contributed by atoms with van der Waals surface area (Å²) in [6.45, 7) is 4.86. The average Bonchev–Trinajstić information content (AvgIpc) is 2.76. The van der Waals surface area contributed by atoms with Crippen LogP contribution in [0.4, 0.5) is 0 Å². The number of carbonyl (C=O) groups is 1. The quantitative estimate of drug-likeness (QED) is 0.662. The van der Waals surface area contributed by atoms with Gasteiger partial charge in [-0.2, -0.15) is 0 Å². The first-order valence-electron chi connectivity index (χ1n) is 6.32. The van der Waals surface area contributed by atoms with Crippen molar-refractivity contribution >= 4 is 5.91 Å². The molecule has 2 fully saturated rings. The normalized spacial score (nSPS) is 25.8. The smallest absolute Gasteiger partial charge is 0.222 e. The fourth-order valence-corrected chi connectivity index (χ4v) is 2.74. The van der Waals surface area contributed by atoms with Crippen LogP contribution < -0.4 is 0 Å². The summed E-state index contributed by atoms with van der Waals surface area (Å²) < 4.78 is 4.97. The Labute approximate surface area is 97.5 Å². The summed E-state index contributed by atoms with van der Waals surface area (Å²) in [7, 11) is 1.68. The molecule has 1 atom stereocenters. The van der Waals surface area contributed by atoms with Crippen LogP contribution in [0.1, 0.15) is 25.7 Å². The van der Waals surface area contributed by atoms with E-state index >= 15 is 0 Å². The van der Waals surface area contributed by atoms with Gasteiger partial charge < -0.3 is 9.64 Å². The number of amides is 1. The first-order valence-corrected chi connectivity index (χ1v) is 6.32. The fraction of sp³-hybridized carbons (Fsp3) is 0.917. The van der Waals surface area contributed by atoms with Crippen LogP contribution in [0.25, 0.3) is 0 Å². The maximum absolute atomic E-state index is 11.9. The van der Waals surface area contributed by atoms with Crippen LogP contribution >= 0.6 is 0 Å². The van der Waals surface area contributed by atoms with Crippen molar-refractivity contribution in [3.05, 3.63) is 0 Å². The molecule has 0 N–H and O–H groups in total. The Morgan fingerprint density at radius 2 is 2.25 bits per heavy atom. The zero-order valence-corrected chi connectivity index (χ0v) is 10.2. The minimum absolute atomic E-state index is 0.309. The first kappa shape index (κ1) is 11.9. The number of methoxy groups -OCH3 is 1. The Morgan fingerprint density at radius 1 is 1.38 bits per heavy atom. The molecule has 0 aromatic rings. The second kappa shape index (κ2) is 5.64. The monoisotopic (exact) mass is 226 g/mol. The minimum Gasteiger partial charge on any atom is -0.385 e. The lowest BCUT2D eigenvalue weighted by molar-refractivity contribution is -0.134. The zero-order chi connectivity index (χ0) is 11.4. The van der Waals surface area contributed by atoms with Crippen LogP contribution in [0.15, 0.2) is 0 Å². The molecule has 0 aromatic heterocycles. The van der Waals surface area contributed by atoms with Gasteiger partial charge in [-0.15, -0.1) is 0 Å². The number of carbonyl (C=O) groups excluding carboxylic acids is 1. The highest BCUT2D eigenvalue weighted by atomic mass is 16.5. The SMILES string of the molecule is COCCCC(=O)N1CCN2CCCC2C1. The second-order valence-corrected chi connectivity index (χ2v) is 4.77. The molecule has 2 rings (SSSR count).